The molecule has 0 spiro atoms. The number of amides is 1. The third-order valence-corrected chi connectivity index (χ3v) is 4.94. The molecule has 0 saturated heterocycles. The van der Waals surface area contributed by atoms with Gasteiger partial charge in [-0.15, -0.1) is 0 Å². The minimum atomic E-state index is -1.24. The van der Waals surface area contributed by atoms with E-state index in [1.165, 1.54) is 6.08 Å². The standard InChI is InChI=1S/C18H32N4O3Si/c1-7-15-14(18(2,3)4)11-20-16(12-25-26(5)6)22(15)21-17(24)13(10-19)8-9-23/h8-9,11,15,26H,7,10,12,19H2,1-6H3,(H,21,24). The number of aldehydes is 1. The second-order valence-corrected chi connectivity index (χ2v) is 9.94. The van der Waals surface area contributed by atoms with Crippen molar-refractivity contribution in [2.75, 3.05) is 13.2 Å². The highest BCUT2D eigenvalue weighted by molar-refractivity contribution is 6.48. The lowest BCUT2D eigenvalue weighted by Gasteiger charge is -2.41. The molecule has 0 radical (unpaired) electrons. The minimum absolute atomic E-state index is 0.0148. The first-order valence-corrected chi connectivity index (χ1v) is 11.8. The minimum Gasteiger partial charge on any atom is -0.413 e. The Morgan fingerprint density at radius 2 is 2.12 bits per heavy atom. The Labute approximate surface area is 158 Å². The monoisotopic (exact) mass is 380 g/mol. The smallest absolute Gasteiger partial charge is 0.267 e. The van der Waals surface area contributed by atoms with Crippen molar-refractivity contribution < 1.29 is 14.0 Å². The summed E-state index contributed by atoms with van der Waals surface area (Å²) in [5, 5.41) is 1.77. The summed E-state index contributed by atoms with van der Waals surface area (Å²) in [6, 6.07) is -0.0425. The molecule has 3 N–H and O–H groups in total. The molecule has 1 atom stereocenters. The Morgan fingerprint density at radius 1 is 1.46 bits per heavy atom. The predicted molar refractivity (Wildman–Crippen MR) is 107 cm³/mol. The normalized spacial score (nSPS) is 18.5. The van der Waals surface area contributed by atoms with Crippen LogP contribution in [0.3, 0.4) is 0 Å². The molecule has 1 rings (SSSR count). The van der Waals surface area contributed by atoms with Crippen LogP contribution in [0, 0.1) is 5.41 Å². The van der Waals surface area contributed by atoms with Crippen LogP contribution in [0.15, 0.2) is 28.4 Å². The van der Waals surface area contributed by atoms with Gasteiger partial charge in [0.1, 0.15) is 12.1 Å². The number of carbonyl (C=O) groups excluding carboxylic acids is 2. The van der Waals surface area contributed by atoms with E-state index in [1.807, 2.05) is 6.20 Å². The summed E-state index contributed by atoms with van der Waals surface area (Å²) in [7, 11) is -1.24. The van der Waals surface area contributed by atoms with Crippen LogP contribution >= 0.6 is 0 Å². The summed E-state index contributed by atoms with van der Waals surface area (Å²) in [4.78, 5) is 27.9. The number of nitrogens with two attached hydrogens (primary N) is 1. The highest BCUT2D eigenvalue weighted by Crippen LogP contribution is 2.33. The number of nitrogens with one attached hydrogen (secondary N) is 1. The fourth-order valence-corrected chi connectivity index (χ4v) is 3.18. The molecule has 0 bridgehead atoms. The van der Waals surface area contributed by atoms with E-state index in [4.69, 9.17) is 10.2 Å². The molecule has 0 aromatic carbocycles. The van der Waals surface area contributed by atoms with Crippen LogP contribution in [-0.4, -0.2) is 51.3 Å². The summed E-state index contributed by atoms with van der Waals surface area (Å²) >= 11 is 0. The van der Waals surface area contributed by atoms with Crippen molar-refractivity contribution in [3.63, 3.8) is 0 Å². The van der Waals surface area contributed by atoms with Crippen LogP contribution in [0.25, 0.3) is 0 Å². The molecule has 0 aromatic rings. The zero-order chi connectivity index (χ0) is 19.9. The lowest BCUT2D eigenvalue weighted by molar-refractivity contribution is -0.121. The summed E-state index contributed by atoms with van der Waals surface area (Å²) in [5.74, 6) is 0.254. The van der Waals surface area contributed by atoms with Gasteiger partial charge in [0.05, 0.1) is 12.6 Å². The van der Waals surface area contributed by atoms with Crippen LogP contribution in [0.5, 0.6) is 0 Å². The molecule has 0 aromatic heterocycles. The fraction of sp³-hybridized carbons (Fsp3) is 0.611. The summed E-state index contributed by atoms with van der Waals surface area (Å²) < 4.78 is 5.83. The van der Waals surface area contributed by atoms with Crippen molar-refractivity contribution in [1.29, 1.82) is 0 Å². The van der Waals surface area contributed by atoms with E-state index in [0.717, 1.165) is 12.0 Å². The summed E-state index contributed by atoms with van der Waals surface area (Å²) in [6.07, 6.45) is 4.44. The second kappa shape index (κ2) is 9.80. The van der Waals surface area contributed by atoms with Gasteiger partial charge in [-0.2, -0.15) is 0 Å². The maximum atomic E-state index is 12.6. The molecule has 26 heavy (non-hydrogen) atoms. The number of carbonyl (C=O) groups is 2. The molecular formula is C18H32N4O3Si. The maximum Gasteiger partial charge on any atom is 0.267 e. The van der Waals surface area contributed by atoms with Gasteiger partial charge in [-0.3, -0.25) is 20.0 Å². The summed E-state index contributed by atoms with van der Waals surface area (Å²) in [5.41, 5.74) is 9.73. The van der Waals surface area contributed by atoms with E-state index in [0.29, 0.717) is 18.7 Å². The topological polar surface area (TPSA) is 97.0 Å². The molecule has 146 valence electrons. The molecule has 7 nitrogen and oxygen atoms in total. The number of hydrogen-bond donors (Lipinski definition) is 2. The van der Waals surface area contributed by atoms with Gasteiger partial charge in [0.15, 0.2) is 9.04 Å². The first kappa shape index (κ1) is 22.3. The predicted octanol–water partition coefficient (Wildman–Crippen LogP) is 1.52. The van der Waals surface area contributed by atoms with Gasteiger partial charge in [-0.05, 0) is 36.6 Å². The molecule has 1 aliphatic heterocycles. The zero-order valence-electron chi connectivity index (χ0n) is 16.7. The Balaban J connectivity index is 3.20. The van der Waals surface area contributed by atoms with Crippen LogP contribution in [0.4, 0.5) is 0 Å². The number of nitrogens with zero attached hydrogens (tertiary/aromatic N) is 2. The fourth-order valence-electron chi connectivity index (χ4n) is 2.70. The quantitative estimate of drug-likeness (QED) is 0.378. The molecule has 0 saturated carbocycles. The molecule has 0 fully saturated rings. The number of hydrogen-bond acceptors (Lipinski definition) is 6. The number of rotatable bonds is 8. The number of allylic oxidation sites excluding steroid dienone is 1. The third-order valence-electron chi connectivity index (χ3n) is 4.10. The Morgan fingerprint density at radius 3 is 2.58 bits per heavy atom. The van der Waals surface area contributed by atoms with Crippen LogP contribution in [-0.2, 0) is 14.0 Å². The van der Waals surface area contributed by atoms with E-state index in [1.54, 1.807) is 5.01 Å². The first-order chi connectivity index (χ1) is 12.1. The van der Waals surface area contributed by atoms with Crippen molar-refractivity contribution >= 4 is 27.1 Å². The highest BCUT2D eigenvalue weighted by Gasteiger charge is 2.34. The largest absolute Gasteiger partial charge is 0.413 e. The van der Waals surface area contributed by atoms with Gasteiger partial charge in [0.2, 0.25) is 0 Å². The van der Waals surface area contributed by atoms with Gasteiger partial charge in [-0.25, -0.2) is 4.99 Å². The van der Waals surface area contributed by atoms with Crippen molar-refractivity contribution in [3.8, 4) is 0 Å². The molecule has 0 aliphatic carbocycles. The molecule has 1 unspecified atom stereocenters. The Kier molecular flexibility index (Phi) is 8.39. The number of hydrazine groups is 1. The molecule has 8 heteroatoms. The van der Waals surface area contributed by atoms with E-state index in [2.05, 4.69) is 51.2 Å². The van der Waals surface area contributed by atoms with E-state index in [9.17, 15) is 9.59 Å². The third kappa shape index (κ3) is 5.89. The lowest BCUT2D eigenvalue weighted by atomic mass is 9.81. The van der Waals surface area contributed by atoms with E-state index < -0.39 is 14.9 Å². The average molecular weight is 381 g/mol. The Bertz CT molecular complexity index is 606. The zero-order valence-corrected chi connectivity index (χ0v) is 17.9. The van der Waals surface area contributed by atoms with Gasteiger partial charge in [0.25, 0.3) is 5.91 Å². The van der Waals surface area contributed by atoms with Crippen molar-refractivity contribution in [2.45, 2.75) is 53.3 Å². The van der Waals surface area contributed by atoms with Gasteiger partial charge in [0, 0.05) is 18.3 Å². The highest BCUT2D eigenvalue weighted by atomic mass is 28.3. The first-order valence-electron chi connectivity index (χ1n) is 8.99. The summed E-state index contributed by atoms with van der Waals surface area (Å²) in [6.45, 7) is 12.9. The van der Waals surface area contributed by atoms with Gasteiger partial charge >= 0.3 is 0 Å². The molecule has 1 amide bonds. The molecule has 1 aliphatic rings. The maximum absolute atomic E-state index is 12.6. The van der Waals surface area contributed by atoms with Crippen molar-refractivity contribution in [1.82, 2.24) is 10.4 Å². The average Bonchev–Trinajstić information content (AvgIpc) is 2.56. The number of amidine groups is 1. The lowest BCUT2D eigenvalue weighted by Crippen LogP contribution is -2.56. The van der Waals surface area contributed by atoms with Gasteiger partial charge in [-0.1, -0.05) is 27.7 Å². The van der Waals surface area contributed by atoms with Crippen molar-refractivity contribution in [3.05, 3.63) is 23.4 Å². The van der Waals surface area contributed by atoms with Crippen molar-refractivity contribution in [2.24, 2.45) is 16.1 Å². The molecular weight excluding hydrogens is 348 g/mol. The Hall–Kier alpha value is -1.77. The molecule has 1 heterocycles. The van der Waals surface area contributed by atoms with Crippen LogP contribution in [0.2, 0.25) is 13.1 Å². The second-order valence-electron chi connectivity index (χ2n) is 7.51. The SMILES string of the molecule is CCC1C(C(C)(C)C)=CN=C(CO[SiH](C)C)N1NC(=O)C(=CC=O)CN. The number of aliphatic imine (C=N–C) groups is 1. The van der Waals surface area contributed by atoms with Crippen LogP contribution < -0.4 is 11.2 Å². The van der Waals surface area contributed by atoms with Crippen LogP contribution in [0.1, 0.15) is 34.1 Å². The van der Waals surface area contributed by atoms with Gasteiger partial charge < -0.3 is 10.2 Å². The van der Waals surface area contributed by atoms with E-state index >= 15 is 0 Å². The van der Waals surface area contributed by atoms with E-state index in [-0.39, 0.29) is 23.6 Å².